The van der Waals surface area contributed by atoms with Crippen LogP contribution in [0.2, 0.25) is 0 Å². The van der Waals surface area contributed by atoms with Crippen LogP contribution >= 0.6 is 0 Å². The van der Waals surface area contributed by atoms with Gasteiger partial charge in [-0.15, -0.1) is 0 Å². The Hall–Kier alpha value is -4.82. The molecule has 15 heteroatoms. The normalized spacial score (nSPS) is 12.4. The second kappa shape index (κ2) is 11.3. The highest BCUT2D eigenvalue weighted by Crippen LogP contribution is 2.37. The third kappa shape index (κ3) is 5.73. The number of fused-ring (bicyclic) bond motifs is 1. The van der Waals surface area contributed by atoms with Crippen LogP contribution in [0.5, 0.6) is 5.88 Å². The minimum absolute atomic E-state index is 0.000583. The minimum Gasteiger partial charge on any atom is -0.478 e. The number of ketones is 1. The minimum atomic E-state index is -4.71. The number of aryl methyl sites for hydroxylation is 1. The van der Waals surface area contributed by atoms with Gasteiger partial charge in [0.15, 0.2) is 16.9 Å². The molecule has 0 fully saturated rings. The van der Waals surface area contributed by atoms with Gasteiger partial charge in [0.2, 0.25) is 11.8 Å². The van der Waals surface area contributed by atoms with Gasteiger partial charge in [-0.25, -0.2) is 19.7 Å². The Labute approximate surface area is 230 Å². The van der Waals surface area contributed by atoms with E-state index < -0.39 is 47.4 Å². The lowest BCUT2D eigenvalue weighted by atomic mass is 10.1. The topological polar surface area (TPSA) is 143 Å². The summed E-state index contributed by atoms with van der Waals surface area (Å²) in [5, 5.41) is 2.59. The summed E-state index contributed by atoms with van der Waals surface area (Å²) < 4.78 is 48.9. The predicted molar refractivity (Wildman–Crippen MR) is 142 cm³/mol. The van der Waals surface area contributed by atoms with Crippen LogP contribution in [-0.4, -0.2) is 47.0 Å². The number of aromatic nitrogens is 6. The zero-order valence-electron chi connectivity index (χ0n) is 22.5. The fourth-order valence-corrected chi connectivity index (χ4v) is 4.08. The summed E-state index contributed by atoms with van der Waals surface area (Å²) in [6.45, 7) is 4.22. The number of ether oxygens (including phenoxy) is 1. The van der Waals surface area contributed by atoms with Crippen molar-refractivity contribution < 1.29 is 27.5 Å². The molecule has 12 nitrogen and oxygen atoms in total. The van der Waals surface area contributed by atoms with Crippen molar-refractivity contribution in [1.82, 2.24) is 28.7 Å². The fraction of sp³-hybridized carbons (Fsp3) is 0.346. The van der Waals surface area contributed by atoms with Crippen LogP contribution < -0.4 is 21.3 Å². The molecule has 216 valence electrons. The van der Waals surface area contributed by atoms with Gasteiger partial charge in [-0.2, -0.15) is 13.2 Å². The van der Waals surface area contributed by atoms with E-state index in [0.717, 1.165) is 15.2 Å². The number of anilines is 1. The van der Waals surface area contributed by atoms with Gasteiger partial charge >= 0.3 is 11.9 Å². The molecule has 0 aliphatic rings. The number of pyridine rings is 2. The molecule has 41 heavy (non-hydrogen) atoms. The number of nitrogens with one attached hydrogen (secondary N) is 1. The van der Waals surface area contributed by atoms with Gasteiger partial charge in [0.25, 0.3) is 5.56 Å². The van der Waals surface area contributed by atoms with E-state index in [1.807, 2.05) is 0 Å². The van der Waals surface area contributed by atoms with Crippen molar-refractivity contribution in [2.24, 2.45) is 7.05 Å². The van der Waals surface area contributed by atoms with Gasteiger partial charge in [-0.05, 0) is 32.0 Å². The Morgan fingerprint density at radius 3 is 2.54 bits per heavy atom. The number of halogens is 3. The highest BCUT2D eigenvalue weighted by atomic mass is 19.4. The maximum Gasteiger partial charge on any atom is 0.421 e. The molecule has 4 heterocycles. The van der Waals surface area contributed by atoms with Crippen LogP contribution in [0.25, 0.3) is 22.4 Å². The second-order valence-corrected chi connectivity index (χ2v) is 9.03. The molecule has 1 N–H and O–H groups in total. The molecule has 4 aromatic heterocycles. The number of nitrogens with zero attached hydrogens (tertiary/aromatic N) is 6. The summed E-state index contributed by atoms with van der Waals surface area (Å²) in [5.74, 6) is -1.47. The quantitative estimate of drug-likeness (QED) is 0.322. The van der Waals surface area contributed by atoms with Crippen molar-refractivity contribution in [1.29, 1.82) is 0 Å². The van der Waals surface area contributed by atoms with Gasteiger partial charge in [0.05, 0.1) is 25.2 Å². The van der Waals surface area contributed by atoms with Crippen molar-refractivity contribution >= 4 is 28.7 Å². The molecule has 0 unspecified atom stereocenters. The molecule has 0 bridgehead atoms. The van der Waals surface area contributed by atoms with Gasteiger partial charge in [-0.1, -0.05) is 13.0 Å². The highest BCUT2D eigenvalue weighted by molar-refractivity contribution is 5.93. The molecule has 0 saturated carbocycles. The standard InChI is InChI=1S/C26H26F3N7O5/c1-5-16(37)12-35-24(39)20-21(34(4)25(35)40)31-13-36(20)14(3)22(38)33-19-9-7-8-18(32-19)15-10-17(26(27,28)29)23(30-11-15)41-6-2/h7-11,13-14H,5-6,12H2,1-4H3,(H,32,33,38)/t14-/m0/s1. The SMILES string of the molecule is CCOc1ncc(-c2cccc(NC(=O)[C@H](C)n3cnc4c3c(=O)n(CC(=O)CC)c(=O)n4C)n2)cc1C(F)(F)F. The number of imidazole rings is 1. The van der Waals surface area contributed by atoms with Crippen LogP contribution in [0.4, 0.5) is 19.0 Å². The highest BCUT2D eigenvalue weighted by Gasteiger charge is 2.36. The fourth-order valence-electron chi connectivity index (χ4n) is 4.08. The lowest BCUT2D eigenvalue weighted by molar-refractivity contribution is -0.139. The Morgan fingerprint density at radius 1 is 1.15 bits per heavy atom. The number of hydrogen-bond donors (Lipinski definition) is 1. The molecule has 1 atom stereocenters. The van der Waals surface area contributed by atoms with Crippen molar-refractivity contribution in [2.75, 3.05) is 11.9 Å². The zero-order valence-corrected chi connectivity index (χ0v) is 22.5. The maximum absolute atomic E-state index is 13.6. The number of Topliss-reactive ketones (excluding diaryl/α,β-unsaturated/α-hetero) is 1. The number of carbonyl (C=O) groups is 2. The molecule has 0 spiro atoms. The third-order valence-corrected chi connectivity index (χ3v) is 6.32. The Balaban J connectivity index is 1.65. The molecule has 4 rings (SSSR count). The summed E-state index contributed by atoms with van der Waals surface area (Å²) in [7, 11) is 1.40. The first-order valence-corrected chi connectivity index (χ1v) is 12.5. The van der Waals surface area contributed by atoms with E-state index in [-0.39, 0.29) is 47.1 Å². The molecule has 1 amide bonds. The van der Waals surface area contributed by atoms with Crippen LogP contribution in [0.1, 0.15) is 38.8 Å². The molecule has 0 radical (unpaired) electrons. The van der Waals surface area contributed by atoms with Crippen LogP contribution in [0.3, 0.4) is 0 Å². The number of rotatable bonds is 9. The Morgan fingerprint density at radius 2 is 1.88 bits per heavy atom. The molecule has 4 aromatic rings. The Bertz CT molecular complexity index is 1760. The van der Waals surface area contributed by atoms with Crippen LogP contribution in [0, 0.1) is 0 Å². The van der Waals surface area contributed by atoms with Gasteiger partial charge < -0.3 is 14.6 Å². The lowest BCUT2D eigenvalue weighted by Crippen LogP contribution is -2.41. The second-order valence-electron chi connectivity index (χ2n) is 9.03. The average Bonchev–Trinajstić information content (AvgIpc) is 3.39. The molecular formula is C26H26F3N7O5. The average molecular weight is 574 g/mol. The zero-order chi connectivity index (χ0) is 30.1. The smallest absolute Gasteiger partial charge is 0.421 e. The van der Waals surface area contributed by atoms with E-state index >= 15 is 0 Å². The predicted octanol–water partition coefficient (Wildman–Crippen LogP) is 2.95. The van der Waals surface area contributed by atoms with E-state index in [4.69, 9.17) is 4.74 Å². The van der Waals surface area contributed by atoms with E-state index in [1.54, 1.807) is 13.8 Å². The van der Waals surface area contributed by atoms with Gasteiger partial charge in [0, 0.05) is 25.2 Å². The Kier molecular flexibility index (Phi) is 8.07. The van der Waals surface area contributed by atoms with E-state index in [2.05, 4.69) is 20.3 Å². The molecule has 0 aromatic carbocycles. The molecular weight excluding hydrogens is 547 g/mol. The van der Waals surface area contributed by atoms with E-state index in [9.17, 15) is 32.3 Å². The first-order valence-electron chi connectivity index (χ1n) is 12.5. The summed E-state index contributed by atoms with van der Waals surface area (Å²) >= 11 is 0. The summed E-state index contributed by atoms with van der Waals surface area (Å²) in [5.41, 5.74) is -2.41. The largest absolute Gasteiger partial charge is 0.478 e. The number of hydrogen-bond acceptors (Lipinski definition) is 8. The molecule has 0 saturated heterocycles. The van der Waals surface area contributed by atoms with Crippen LogP contribution in [-0.2, 0) is 29.4 Å². The number of carbonyl (C=O) groups excluding carboxylic acids is 2. The molecule has 0 aliphatic heterocycles. The maximum atomic E-state index is 13.6. The lowest BCUT2D eigenvalue weighted by Gasteiger charge is -2.16. The first-order chi connectivity index (χ1) is 19.4. The summed E-state index contributed by atoms with van der Waals surface area (Å²) in [4.78, 5) is 63.1. The van der Waals surface area contributed by atoms with Crippen molar-refractivity contribution in [2.45, 2.75) is 46.0 Å². The van der Waals surface area contributed by atoms with Crippen molar-refractivity contribution in [3.8, 4) is 17.1 Å². The van der Waals surface area contributed by atoms with Crippen molar-refractivity contribution in [3.63, 3.8) is 0 Å². The van der Waals surface area contributed by atoms with Gasteiger partial charge in [0.1, 0.15) is 17.4 Å². The van der Waals surface area contributed by atoms with Crippen LogP contribution in [0.15, 0.2) is 46.4 Å². The summed E-state index contributed by atoms with van der Waals surface area (Å²) in [6.07, 6.45) is -2.17. The molecule has 0 aliphatic carbocycles. The summed E-state index contributed by atoms with van der Waals surface area (Å²) in [6, 6.07) is 4.23. The van der Waals surface area contributed by atoms with Gasteiger partial charge in [-0.3, -0.25) is 23.5 Å². The van der Waals surface area contributed by atoms with E-state index in [1.165, 1.54) is 49.3 Å². The number of amides is 1. The van der Waals surface area contributed by atoms with E-state index in [0.29, 0.717) is 0 Å². The number of alkyl halides is 3. The monoisotopic (exact) mass is 573 g/mol. The third-order valence-electron chi connectivity index (χ3n) is 6.32. The van der Waals surface area contributed by atoms with Crippen molar-refractivity contribution in [3.05, 3.63) is 63.2 Å². The first kappa shape index (κ1) is 29.2.